The Bertz CT molecular complexity index is 398. The highest BCUT2D eigenvalue weighted by molar-refractivity contribution is 9.10. The number of hydrogen-bond donors (Lipinski definition) is 2. The van der Waals surface area contributed by atoms with Gasteiger partial charge in [0.1, 0.15) is 5.82 Å². The molecule has 0 fully saturated rings. The molecule has 3 nitrogen and oxygen atoms in total. The fourth-order valence-electron chi connectivity index (χ4n) is 1.49. The lowest BCUT2D eigenvalue weighted by Crippen LogP contribution is -2.26. The van der Waals surface area contributed by atoms with E-state index < -0.39 is 0 Å². The van der Waals surface area contributed by atoms with E-state index in [0.717, 1.165) is 10.0 Å². The van der Waals surface area contributed by atoms with Crippen LogP contribution in [0, 0.1) is 5.82 Å². The van der Waals surface area contributed by atoms with E-state index in [-0.39, 0.29) is 17.8 Å². The number of benzene rings is 1. The number of hydrogen-bond acceptors (Lipinski definition) is 2. The Morgan fingerprint density at radius 1 is 1.53 bits per heavy atom. The van der Waals surface area contributed by atoms with Crippen LogP contribution >= 0.6 is 15.9 Å². The number of carbonyl (C=O) groups is 1. The Kier molecular flexibility index (Phi) is 5.58. The summed E-state index contributed by atoms with van der Waals surface area (Å²) in [4.78, 5) is 11.0. The van der Waals surface area contributed by atoms with Crippen molar-refractivity contribution in [1.29, 1.82) is 0 Å². The molecule has 1 atom stereocenters. The van der Waals surface area contributed by atoms with Gasteiger partial charge in [-0.1, -0.05) is 22.0 Å². The van der Waals surface area contributed by atoms with Crippen molar-refractivity contribution in [2.24, 2.45) is 0 Å². The van der Waals surface area contributed by atoms with Crippen molar-refractivity contribution in [1.82, 2.24) is 10.6 Å². The quantitative estimate of drug-likeness (QED) is 0.877. The fraction of sp³-hybridized carbons (Fsp3) is 0.417. The summed E-state index contributed by atoms with van der Waals surface area (Å²) in [5.41, 5.74) is 0.975. The zero-order valence-corrected chi connectivity index (χ0v) is 11.5. The predicted octanol–water partition coefficient (Wildman–Crippen LogP) is 2.37. The van der Waals surface area contributed by atoms with Crippen LogP contribution in [-0.2, 0) is 4.79 Å². The highest BCUT2D eigenvalue weighted by Crippen LogP contribution is 2.23. The van der Waals surface area contributed by atoms with E-state index in [2.05, 4.69) is 26.6 Å². The minimum atomic E-state index is -0.266. The van der Waals surface area contributed by atoms with Gasteiger partial charge in [0.05, 0.1) is 0 Å². The summed E-state index contributed by atoms with van der Waals surface area (Å²) < 4.78 is 13.6. The fourth-order valence-corrected chi connectivity index (χ4v) is 2.18. The van der Waals surface area contributed by atoms with Crippen LogP contribution in [0.4, 0.5) is 4.39 Å². The van der Waals surface area contributed by atoms with Crippen molar-refractivity contribution in [3.8, 4) is 0 Å². The first kappa shape index (κ1) is 14.1. The molecule has 1 rings (SSSR count). The lowest BCUT2D eigenvalue weighted by molar-refractivity contribution is -0.120. The maximum atomic E-state index is 12.9. The molecule has 0 bridgehead atoms. The van der Waals surface area contributed by atoms with Gasteiger partial charge in [0, 0.05) is 30.5 Å². The molecule has 0 aliphatic carbocycles. The smallest absolute Gasteiger partial charge is 0.221 e. The molecular weight excluding hydrogens is 287 g/mol. The van der Waals surface area contributed by atoms with Crippen LogP contribution in [0.5, 0.6) is 0 Å². The molecule has 1 amide bonds. The molecule has 0 aromatic heterocycles. The van der Waals surface area contributed by atoms with E-state index in [1.807, 2.05) is 6.92 Å². The maximum absolute atomic E-state index is 12.9. The second-order valence-electron chi connectivity index (χ2n) is 3.76. The normalized spacial score (nSPS) is 12.2. The number of carbonyl (C=O) groups excluding carboxylic acids is 1. The monoisotopic (exact) mass is 302 g/mol. The lowest BCUT2D eigenvalue weighted by Gasteiger charge is -2.15. The minimum absolute atomic E-state index is 0.00266. The van der Waals surface area contributed by atoms with Crippen LogP contribution < -0.4 is 10.6 Å². The van der Waals surface area contributed by atoms with E-state index in [9.17, 15) is 9.18 Å². The van der Waals surface area contributed by atoms with Crippen molar-refractivity contribution < 1.29 is 9.18 Å². The van der Waals surface area contributed by atoms with Gasteiger partial charge >= 0.3 is 0 Å². The first-order chi connectivity index (χ1) is 8.04. The molecule has 1 unspecified atom stereocenters. The molecule has 0 saturated carbocycles. The number of halogens is 2. The highest BCUT2D eigenvalue weighted by atomic mass is 79.9. The van der Waals surface area contributed by atoms with Gasteiger partial charge in [-0.25, -0.2) is 4.39 Å². The van der Waals surface area contributed by atoms with E-state index in [0.29, 0.717) is 13.0 Å². The van der Waals surface area contributed by atoms with Crippen molar-refractivity contribution in [2.75, 3.05) is 13.6 Å². The highest BCUT2D eigenvalue weighted by Gasteiger charge is 2.09. The summed E-state index contributed by atoms with van der Waals surface area (Å²) in [6.07, 6.45) is 0.430. The summed E-state index contributed by atoms with van der Waals surface area (Å²) in [6.45, 7) is 2.56. The Hall–Kier alpha value is -0.940. The van der Waals surface area contributed by atoms with Crippen molar-refractivity contribution >= 4 is 21.8 Å². The van der Waals surface area contributed by atoms with Gasteiger partial charge in [0.2, 0.25) is 5.91 Å². The molecule has 94 valence electrons. The molecule has 5 heteroatoms. The minimum Gasteiger partial charge on any atom is -0.359 e. The molecule has 2 N–H and O–H groups in total. The van der Waals surface area contributed by atoms with Crippen molar-refractivity contribution in [3.63, 3.8) is 0 Å². The third kappa shape index (κ3) is 4.44. The average Bonchev–Trinajstić information content (AvgIpc) is 2.28. The van der Waals surface area contributed by atoms with Gasteiger partial charge < -0.3 is 10.6 Å². The van der Waals surface area contributed by atoms with Crippen LogP contribution in [-0.4, -0.2) is 19.5 Å². The average molecular weight is 303 g/mol. The Labute approximate surface area is 109 Å². The zero-order valence-electron chi connectivity index (χ0n) is 9.89. The van der Waals surface area contributed by atoms with Gasteiger partial charge in [-0.2, -0.15) is 0 Å². The Balaban J connectivity index is 2.52. The second kappa shape index (κ2) is 6.71. The first-order valence-corrected chi connectivity index (χ1v) is 6.22. The third-order valence-electron chi connectivity index (χ3n) is 2.51. The van der Waals surface area contributed by atoms with Crippen LogP contribution in [0.1, 0.15) is 24.9 Å². The molecule has 0 saturated heterocycles. The third-order valence-corrected chi connectivity index (χ3v) is 3.20. The topological polar surface area (TPSA) is 41.1 Å². The first-order valence-electron chi connectivity index (χ1n) is 5.43. The number of amides is 1. The standard InChI is InChI=1S/C12H16BrFN2O/c1-8(16-6-5-12(17)15-2)10-4-3-9(14)7-11(10)13/h3-4,7-8,16H,5-6H2,1-2H3,(H,15,17). The van der Waals surface area contributed by atoms with Gasteiger partial charge in [0.25, 0.3) is 0 Å². The summed E-state index contributed by atoms with van der Waals surface area (Å²) in [7, 11) is 1.61. The summed E-state index contributed by atoms with van der Waals surface area (Å²) in [5.74, 6) is -0.263. The van der Waals surface area contributed by atoms with Crippen molar-refractivity contribution in [2.45, 2.75) is 19.4 Å². The van der Waals surface area contributed by atoms with Gasteiger partial charge in [0.15, 0.2) is 0 Å². The Morgan fingerprint density at radius 3 is 2.82 bits per heavy atom. The van der Waals surface area contributed by atoms with Crippen molar-refractivity contribution in [3.05, 3.63) is 34.1 Å². The molecule has 0 aliphatic rings. The second-order valence-corrected chi connectivity index (χ2v) is 4.62. The molecular formula is C12H16BrFN2O. The van der Waals surface area contributed by atoms with Gasteiger partial charge in [-0.15, -0.1) is 0 Å². The molecule has 0 spiro atoms. The molecule has 1 aromatic carbocycles. The summed E-state index contributed by atoms with van der Waals surface area (Å²) >= 11 is 3.32. The van der Waals surface area contributed by atoms with Gasteiger partial charge in [-0.3, -0.25) is 4.79 Å². The molecule has 0 heterocycles. The maximum Gasteiger partial charge on any atom is 0.221 e. The summed E-state index contributed by atoms with van der Waals surface area (Å²) in [5, 5.41) is 5.77. The molecule has 17 heavy (non-hydrogen) atoms. The largest absolute Gasteiger partial charge is 0.359 e. The van der Waals surface area contributed by atoms with E-state index in [1.54, 1.807) is 13.1 Å². The van der Waals surface area contributed by atoms with E-state index in [4.69, 9.17) is 0 Å². The molecule has 1 aromatic rings. The van der Waals surface area contributed by atoms with Crippen LogP contribution in [0.2, 0.25) is 0 Å². The SMILES string of the molecule is CNC(=O)CCNC(C)c1ccc(F)cc1Br. The van der Waals surface area contributed by atoms with E-state index >= 15 is 0 Å². The predicted molar refractivity (Wildman–Crippen MR) is 69.2 cm³/mol. The van der Waals surface area contributed by atoms with Crippen LogP contribution in [0.25, 0.3) is 0 Å². The molecule has 0 radical (unpaired) electrons. The van der Waals surface area contributed by atoms with E-state index in [1.165, 1.54) is 12.1 Å². The lowest BCUT2D eigenvalue weighted by atomic mass is 10.1. The van der Waals surface area contributed by atoms with Crippen LogP contribution in [0.15, 0.2) is 22.7 Å². The molecule has 0 aliphatic heterocycles. The number of nitrogens with one attached hydrogen (secondary N) is 2. The zero-order chi connectivity index (χ0) is 12.8. The van der Waals surface area contributed by atoms with Gasteiger partial charge in [-0.05, 0) is 24.6 Å². The number of rotatable bonds is 5. The summed E-state index contributed by atoms with van der Waals surface area (Å²) in [6, 6.07) is 4.66. The van der Waals surface area contributed by atoms with Crippen LogP contribution in [0.3, 0.4) is 0 Å². The Morgan fingerprint density at radius 2 is 2.24 bits per heavy atom.